The summed E-state index contributed by atoms with van der Waals surface area (Å²) >= 11 is 11.5. The Bertz CT molecular complexity index is 760. The molecule has 1 atom stereocenters. The molecule has 0 aliphatic carbocycles. The van der Waals surface area contributed by atoms with Crippen molar-refractivity contribution in [1.29, 1.82) is 0 Å². The quantitative estimate of drug-likeness (QED) is 0.556. The van der Waals surface area contributed by atoms with E-state index < -0.39 is 0 Å². The second kappa shape index (κ2) is 5.51. The average Bonchev–Trinajstić information content (AvgIpc) is 2.95. The summed E-state index contributed by atoms with van der Waals surface area (Å²) in [5, 5.41) is 2.00. The predicted octanol–water partition coefficient (Wildman–Crippen LogP) is 5.52. The number of hydrogen-bond acceptors (Lipinski definition) is 2. The SMILES string of the molecule is Cc1ccc2nc(C(C)Cl)n(Cc3cc(Br)cs3)c2c1. The summed E-state index contributed by atoms with van der Waals surface area (Å²) in [5.41, 5.74) is 3.39. The van der Waals surface area contributed by atoms with Gasteiger partial charge >= 0.3 is 0 Å². The number of imidazole rings is 1. The first-order chi connectivity index (χ1) is 9.54. The van der Waals surface area contributed by atoms with Crippen LogP contribution in [-0.2, 0) is 6.54 Å². The van der Waals surface area contributed by atoms with Crippen molar-refractivity contribution >= 4 is 49.9 Å². The van der Waals surface area contributed by atoms with Crippen molar-refractivity contribution in [1.82, 2.24) is 9.55 Å². The number of thiophene rings is 1. The Morgan fingerprint density at radius 2 is 2.20 bits per heavy atom. The molecule has 2 aromatic heterocycles. The zero-order chi connectivity index (χ0) is 14.3. The highest BCUT2D eigenvalue weighted by atomic mass is 79.9. The topological polar surface area (TPSA) is 17.8 Å². The molecule has 0 N–H and O–H groups in total. The number of aryl methyl sites for hydroxylation is 1. The summed E-state index contributed by atoms with van der Waals surface area (Å²) in [6.45, 7) is 4.88. The third kappa shape index (κ3) is 2.65. The van der Waals surface area contributed by atoms with Crippen molar-refractivity contribution in [2.24, 2.45) is 0 Å². The van der Waals surface area contributed by atoms with Crippen LogP contribution in [0.1, 0.15) is 28.6 Å². The number of nitrogens with zero attached hydrogens (tertiary/aromatic N) is 2. The van der Waals surface area contributed by atoms with E-state index in [4.69, 9.17) is 11.6 Å². The van der Waals surface area contributed by atoms with Crippen LogP contribution in [0, 0.1) is 6.92 Å². The van der Waals surface area contributed by atoms with Crippen LogP contribution >= 0.6 is 38.9 Å². The molecule has 0 aliphatic heterocycles. The van der Waals surface area contributed by atoms with Crippen LogP contribution in [0.5, 0.6) is 0 Å². The number of fused-ring (bicyclic) bond motifs is 1. The lowest BCUT2D eigenvalue weighted by Crippen LogP contribution is -2.04. The minimum absolute atomic E-state index is 0.105. The van der Waals surface area contributed by atoms with Crippen LogP contribution in [-0.4, -0.2) is 9.55 Å². The zero-order valence-corrected chi connectivity index (χ0v) is 14.4. The van der Waals surface area contributed by atoms with E-state index in [2.05, 4.69) is 62.1 Å². The summed E-state index contributed by atoms with van der Waals surface area (Å²) < 4.78 is 3.34. The van der Waals surface area contributed by atoms with Crippen molar-refractivity contribution < 1.29 is 0 Å². The lowest BCUT2D eigenvalue weighted by atomic mass is 10.2. The predicted molar refractivity (Wildman–Crippen MR) is 89.9 cm³/mol. The molecule has 0 saturated heterocycles. The maximum atomic E-state index is 6.30. The molecule has 0 spiro atoms. The molecule has 2 heterocycles. The largest absolute Gasteiger partial charge is 0.321 e. The van der Waals surface area contributed by atoms with Crippen molar-refractivity contribution in [3.63, 3.8) is 0 Å². The fraction of sp³-hybridized carbons (Fsp3) is 0.267. The molecular formula is C15H14BrClN2S. The summed E-state index contributed by atoms with van der Waals surface area (Å²) in [6, 6.07) is 8.47. The number of alkyl halides is 1. The number of hydrogen-bond donors (Lipinski definition) is 0. The highest BCUT2D eigenvalue weighted by molar-refractivity contribution is 9.10. The van der Waals surface area contributed by atoms with E-state index in [0.29, 0.717) is 0 Å². The molecule has 3 aromatic rings. The van der Waals surface area contributed by atoms with Crippen molar-refractivity contribution in [3.8, 4) is 0 Å². The Hall–Kier alpha value is -0.840. The molecule has 2 nitrogen and oxygen atoms in total. The molecule has 104 valence electrons. The number of halogens is 2. The monoisotopic (exact) mass is 368 g/mol. The number of rotatable bonds is 3. The Balaban J connectivity index is 2.15. The Labute approximate surface area is 135 Å². The molecule has 0 amide bonds. The van der Waals surface area contributed by atoms with Crippen LogP contribution in [0.4, 0.5) is 0 Å². The van der Waals surface area contributed by atoms with E-state index in [0.717, 1.165) is 27.9 Å². The smallest absolute Gasteiger partial charge is 0.128 e. The second-order valence-corrected chi connectivity index (χ2v) is 7.46. The minimum atomic E-state index is -0.105. The van der Waals surface area contributed by atoms with Gasteiger partial charge < -0.3 is 4.57 Å². The fourth-order valence-electron chi connectivity index (χ4n) is 2.31. The molecule has 1 unspecified atom stereocenters. The van der Waals surface area contributed by atoms with E-state index >= 15 is 0 Å². The Morgan fingerprint density at radius 1 is 1.40 bits per heavy atom. The van der Waals surface area contributed by atoms with Crippen LogP contribution in [0.3, 0.4) is 0 Å². The summed E-state index contributed by atoms with van der Waals surface area (Å²) in [6.07, 6.45) is 0. The average molecular weight is 370 g/mol. The van der Waals surface area contributed by atoms with Crippen molar-refractivity contribution in [3.05, 3.63) is 50.4 Å². The van der Waals surface area contributed by atoms with Gasteiger partial charge in [-0.3, -0.25) is 0 Å². The summed E-state index contributed by atoms with van der Waals surface area (Å²) in [7, 11) is 0. The fourth-order valence-corrected chi connectivity index (χ4v) is 3.92. The Kier molecular flexibility index (Phi) is 3.89. The molecule has 1 aromatic carbocycles. The van der Waals surface area contributed by atoms with Crippen LogP contribution in [0.25, 0.3) is 11.0 Å². The minimum Gasteiger partial charge on any atom is -0.321 e. The highest BCUT2D eigenvalue weighted by Gasteiger charge is 2.15. The lowest BCUT2D eigenvalue weighted by Gasteiger charge is -2.09. The van der Waals surface area contributed by atoms with Gasteiger partial charge in [-0.25, -0.2) is 4.98 Å². The van der Waals surface area contributed by atoms with Crippen molar-refractivity contribution in [2.45, 2.75) is 25.8 Å². The second-order valence-electron chi connectivity index (χ2n) is 4.90. The summed E-state index contributed by atoms with van der Waals surface area (Å²) in [4.78, 5) is 5.97. The lowest BCUT2D eigenvalue weighted by molar-refractivity contribution is 0.750. The van der Waals surface area contributed by atoms with Gasteiger partial charge in [0.15, 0.2) is 0 Å². The molecule has 0 aliphatic rings. The van der Waals surface area contributed by atoms with E-state index in [9.17, 15) is 0 Å². The van der Waals surface area contributed by atoms with Gasteiger partial charge in [-0.2, -0.15) is 0 Å². The van der Waals surface area contributed by atoms with E-state index in [-0.39, 0.29) is 5.38 Å². The van der Waals surface area contributed by atoms with Gasteiger partial charge in [-0.15, -0.1) is 22.9 Å². The number of benzene rings is 1. The first-order valence-corrected chi connectivity index (χ1v) is 8.49. The molecule has 0 radical (unpaired) electrons. The third-order valence-electron chi connectivity index (χ3n) is 3.22. The molecule has 20 heavy (non-hydrogen) atoms. The van der Waals surface area contributed by atoms with Crippen LogP contribution < -0.4 is 0 Å². The van der Waals surface area contributed by atoms with Gasteiger partial charge in [-0.05, 0) is 53.5 Å². The van der Waals surface area contributed by atoms with Gasteiger partial charge in [0.25, 0.3) is 0 Å². The summed E-state index contributed by atoms with van der Waals surface area (Å²) in [5.74, 6) is 0.928. The molecule has 0 fully saturated rings. The van der Waals surface area contributed by atoms with Gasteiger partial charge in [0.05, 0.1) is 23.0 Å². The van der Waals surface area contributed by atoms with Crippen LogP contribution in [0.15, 0.2) is 34.1 Å². The third-order valence-corrected chi connectivity index (χ3v) is 5.10. The van der Waals surface area contributed by atoms with Crippen molar-refractivity contribution in [2.75, 3.05) is 0 Å². The first-order valence-electron chi connectivity index (χ1n) is 6.38. The van der Waals surface area contributed by atoms with Gasteiger partial charge in [0.1, 0.15) is 5.82 Å². The molecule has 0 bridgehead atoms. The molecular weight excluding hydrogens is 356 g/mol. The van der Waals surface area contributed by atoms with E-state index in [1.54, 1.807) is 11.3 Å². The Morgan fingerprint density at radius 3 is 2.85 bits per heavy atom. The van der Waals surface area contributed by atoms with Crippen LogP contribution in [0.2, 0.25) is 0 Å². The number of aromatic nitrogens is 2. The maximum absolute atomic E-state index is 6.30. The van der Waals surface area contributed by atoms with Gasteiger partial charge in [0.2, 0.25) is 0 Å². The maximum Gasteiger partial charge on any atom is 0.128 e. The molecule has 5 heteroatoms. The van der Waals surface area contributed by atoms with Gasteiger partial charge in [0, 0.05) is 14.7 Å². The normalized spacial score (nSPS) is 13.0. The zero-order valence-electron chi connectivity index (χ0n) is 11.2. The van der Waals surface area contributed by atoms with Gasteiger partial charge in [-0.1, -0.05) is 6.07 Å². The standard InChI is InChI=1S/C15H14BrClN2S/c1-9-3-4-13-14(5-9)19(15(18-13)10(2)17)7-12-6-11(16)8-20-12/h3-6,8,10H,7H2,1-2H3. The molecule has 3 rings (SSSR count). The highest BCUT2D eigenvalue weighted by Crippen LogP contribution is 2.28. The van der Waals surface area contributed by atoms with E-state index in [1.807, 2.05) is 6.92 Å². The molecule has 0 saturated carbocycles. The van der Waals surface area contributed by atoms with E-state index in [1.165, 1.54) is 10.4 Å². The first kappa shape index (κ1) is 14.1.